The molecule has 2 aromatic rings. The van der Waals surface area contributed by atoms with Crippen LogP contribution in [0.4, 0.5) is 0 Å². The average molecular weight is 327 g/mol. The van der Waals surface area contributed by atoms with E-state index < -0.39 is 0 Å². The molecule has 6 heteroatoms. The topological polar surface area (TPSA) is 76.6 Å². The SMILES string of the molecule is N#Cc1ccc2ncc(CNCCCCN3CCCC3CO)n2c1. The Hall–Kier alpha value is -1.94. The average Bonchev–Trinajstić information content (AvgIpc) is 3.23. The summed E-state index contributed by atoms with van der Waals surface area (Å²) in [5, 5.41) is 21.8. The normalized spacial score (nSPS) is 18.2. The smallest absolute Gasteiger partial charge is 0.137 e. The monoisotopic (exact) mass is 327 g/mol. The number of nitrogens with one attached hydrogen (secondary N) is 1. The van der Waals surface area contributed by atoms with E-state index in [4.69, 9.17) is 5.26 Å². The molecule has 1 unspecified atom stereocenters. The van der Waals surface area contributed by atoms with Crippen molar-refractivity contribution in [2.75, 3.05) is 26.2 Å². The van der Waals surface area contributed by atoms with Gasteiger partial charge in [-0.3, -0.25) is 4.90 Å². The minimum atomic E-state index is 0.289. The molecule has 1 atom stereocenters. The summed E-state index contributed by atoms with van der Waals surface area (Å²) < 4.78 is 1.97. The Bertz CT molecular complexity index is 705. The van der Waals surface area contributed by atoms with Crippen molar-refractivity contribution in [1.29, 1.82) is 5.26 Å². The van der Waals surface area contributed by atoms with Crippen molar-refractivity contribution in [3.8, 4) is 6.07 Å². The molecule has 128 valence electrons. The Morgan fingerprint density at radius 2 is 2.29 bits per heavy atom. The fourth-order valence-corrected chi connectivity index (χ4v) is 3.41. The first kappa shape index (κ1) is 16.9. The van der Waals surface area contributed by atoms with Gasteiger partial charge in [0.05, 0.1) is 24.1 Å². The molecule has 0 amide bonds. The van der Waals surface area contributed by atoms with Crippen molar-refractivity contribution in [3.63, 3.8) is 0 Å². The second kappa shape index (κ2) is 8.25. The molecule has 3 heterocycles. The lowest BCUT2D eigenvalue weighted by molar-refractivity contribution is 0.157. The summed E-state index contributed by atoms with van der Waals surface area (Å²) >= 11 is 0. The third-order valence-electron chi connectivity index (χ3n) is 4.78. The zero-order valence-electron chi connectivity index (χ0n) is 14.0. The second-order valence-electron chi connectivity index (χ2n) is 6.41. The number of aliphatic hydroxyl groups is 1. The number of rotatable bonds is 8. The molecule has 2 N–H and O–H groups in total. The van der Waals surface area contributed by atoms with E-state index >= 15 is 0 Å². The number of likely N-dealkylation sites (tertiary alicyclic amines) is 1. The number of hydrogen-bond acceptors (Lipinski definition) is 5. The fraction of sp³-hybridized carbons (Fsp3) is 0.556. The molecule has 3 rings (SSSR count). The van der Waals surface area contributed by atoms with E-state index in [1.807, 2.05) is 22.9 Å². The lowest BCUT2D eigenvalue weighted by atomic mass is 10.2. The number of unbranched alkanes of at least 4 members (excludes halogenated alkanes) is 1. The number of aliphatic hydroxyl groups excluding tert-OH is 1. The predicted octanol–water partition coefficient (Wildman–Crippen LogP) is 1.53. The van der Waals surface area contributed by atoms with Gasteiger partial charge in [0, 0.05) is 18.8 Å². The number of hydrogen-bond donors (Lipinski definition) is 2. The Balaban J connectivity index is 1.40. The highest BCUT2D eigenvalue weighted by Crippen LogP contribution is 2.16. The number of pyridine rings is 1. The predicted molar refractivity (Wildman–Crippen MR) is 92.5 cm³/mol. The summed E-state index contributed by atoms with van der Waals surface area (Å²) in [5.74, 6) is 0. The van der Waals surface area contributed by atoms with Gasteiger partial charge in [-0.2, -0.15) is 5.26 Å². The van der Waals surface area contributed by atoms with E-state index in [-0.39, 0.29) is 6.61 Å². The standard InChI is InChI=1S/C18H25N5O/c19-10-15-5-6-18-21-12-17(23(18)13-15)11-20-7-1-2-8-22-9-3-4-16(22)14-24/h5-6,12-13,16,20,24H,1-4,7-9,11,14H2. The van der Waals surface area contributed by atoms with Crippen molar-refractivity contribution in [2.45, 2.75) is 38.3 Å². The lowest BCUT2D eigenvalue weighted by Crippen LogP contribution is -2.33. The van der Waals surface area contributed by atoms with Crippen LogP contribution in [0.3, 0.4) is 0 Å². The van der Waals surface area contributed by atoms with Gasteiger partial charge < -0.3 is 14.8 Å². The van der Waals surface area contributed by atoms with Crippen molar-refractivity contribution in [1.82, 2.24) is 19.6 Å². The molecule has 1 fully saturated rings. The molecular weight excluding hydrogens is 302 g/mol. The summed E-state index contributed by atoms with van der Waals surface area (Å²) in [4.78, 5) is 6.77. The van der Waals surface area contributed by atoms with Gasteiger partial charge in [0.25, 0.3) is 0 Å². The van der Waals surface area contributed by atoms with E-state index in [0.29, 0.717) is 11.6 Å². The van der Waals surface area contributed by atoms with Crippen molar-refractivity contribution >= 4 is 5.65 Å². The quantitative estimate of drug-likeness (QED) is 0.719. The Labute approximate surface area is 142 Å². The molecule has 1 aliphatic heterocycles. The van der Waals surface area contributed by atoms with Crippen LogP contribution in [0.15, 0.2) is 24.5 Å². The minimum absolute atomic E-state index is 0.289. The highest BCUT2D eigenvalue weighted by molar-refractivity contribution is 5.44. The first-order valence-electron chi connectivity index (χ1n) is 8.73. The van der Waals surface area contributed by atoms with Gasteiger partial charge in [-0.1, -0.05) is 0 Å². The zero-order chi connectivity index (χ0) is 16.8. The highest BCUT2D eigenvalue weighted by atomic mass is 16.3. The Morgan fingerprint density at radius 3 is 3.12 bits per heavy atom. The molecule has 0 aromatic carbocycles. The Kier molecular flexibility index (Phi) is 5.81. The van der Waals surface area contributed by atoms with Gasteiger partial charge in [-0.15, -0.1) is 0 Å². The summed E-state index contributed by atoms with van der Waals surface area (Å²) in [6, 6.07) is 6.20. The van der Waals surface area contributed by atoms with Gasteiger partial charge >= 0.3 is 0 Å². The molecule has 1 saturated heterocycles. The molecule has 0 spiro atoms. The maximum absolute atomic E-state index is 9.32. The molecular formula is C18H25N5O. The molecule has 0 radical (unpaired) electrons. The second-order valence-corrected chi connectivity index (χ2v) is 6.41. The summed E-state index contributed by atoms with van der Waals surface area (Å²) in [5.41, 5.74) is 2.59. The molecule has 24 heavy (non-hydrogen) atoms. The summed E-state index contributed by atoms with van der Waals surface area (Å²) in [6.45, 7) is 4.20. The van der Waals surface area contributed by atoms with E-state index in [9.17, 15) is 5.11 Å². The van der Waals surface area contributed by atoms with Gasteiger partial charge in [0.2, 0.25) is 0 Å². The molecule has 2 aromatic heterocycles. The van der Waals surface area contributed by atoms with E-state index in [1.54, 1.807) is 6.07 Å². The van der Waals surface area contributed by atoms with Crippen LogP contribution in [0.1, 0.15) is 36.9 Å². The first-order valence-corrected chi connectivity index (χ1v) is 8.73. The molecule has 0 saturated carbocycles. The van der Waals surface area contributed by atoms with Gasteiger partial charge in [0.15, 0.2) is 0 Å². The molecule has 0 bridgehead atoms. The number of nitriles is 1. The van der Waals surface area contributed by atoms with Gasteiger partial charge in [-0.05, 0) is 57.5 Å². The fourth-order valence-electron chi connectivity index (χ4n) is 3.41. The van der Waals surface area contributed by atoms with Crippen LogP contribution >= 0.6 is 0 Å². The number of imidazole rings is 1. The maximum Gasteiger partial charge on any atom is 0.137 e. The van der Waals surface area contributed by atoms with E-state index in [2.05, 4.69) is 21.3 Å². The minimum Gasteiger partial charge on any atom is -0.395 e. The Morgan fingerprint density at radius 1 is 1.38 bits per heavy atom. The summed E-state index contributed by atoms with van der Waals surface area (Å²) in [7, 11) is 0. The third kappa shape index (κ3) is 3.93. The molecule has 1 aliphatic rings. The van der Waals surface area contributed by atoms with Crippen LogP contribution in [0, 0.1) is 11.3 Å². The van der Waals surface area contributed by atoms with Crippen molar-refractivity contribution in [3.05, 3.63) is 35.8 Å². The highest BCUT2D eigenvalue weighted by Gasteiger charge is 2.22. The van der Waals surface area contributed by atoms with Crippen LogP contribution in [-0.2, 0) is 6.54 Å². The van der Waals surface area contributed by atoms with Crippen LogP contribution in [0.25, 0.3) is 5.65 Å². The zero-order valence-corrected chi connectivity index (χ0v) is 14.0. The van der Waals surface area contributed by atoms with Crippen LogP contribution in [0.2, 0.25) is 0 Å². The van der Waals surface area contributed by atoms with Crippen LogP contribution in [-0.4, -0.2) is 51.7 Å². The largest absolute Gasteiger partial charge is 0.395 e. The number of fused-ring (bicyclic) bond motifs is 1. The summed E-state index contributed by atoms with van der Waals surface area (Å²) in [6.07, 6.45) is 8.31. The van der Waals surface area contributed by atoms with Crippen molar-refractivity contribution in [2.24, 2.45) is 0 Å². The van der Waals surface area contributed by atoms with E-state index in [0.717, 1.165) is 56.8 Å². The maximum atomic E-state index is 9.32. The number of nitrogens with zero attached hydrogens (tertiary/aromatic N) is 4. The van der Waals surface area contributed by atoms with Gasteiger partial charge in [0.1, 0.15) is 11.7 Å². The lowest BCUT2D eigenvalue weighted by Gasteiger charge is -2.22. The third-order valence-corrected chi connectivity index (χ3v) is 4.78. The van der Waals surface area contributed by atoms with Gasteiger partial charge in [-0.25, -0.2) is 4.98 Å². The van der Waals surface area contributed by atoms with E-state index in [1.165, 1.54) is 6.42 Å². The first-order chi connectivity index (χ1) is 11.8. The van der Waals surface area contributed by atoms with Crippen LogP contribution in [0.5, 0.6) is 0 Å². The number of aromatic nitrogens is 2. The van der Waals surface area contributed by atoms with Crippen LogP contribution < -0.4 is 5.32 Å². The van der Waals surface area contributed by atoms with Crippen molar-refractivity contribution < 1.29 is 5.11 Å². The molecule has 0 aliphatic carbocycles. The molecule has 6 nitrogen and oxygen atoms in total.